The average molecular weight is 447 g/mol. The van der Waals surface area contributed by atoms with E-state index in [-0.39, 0.29) is 17.6 Å². The number of hydrogen-bond donors (Lipinski definition) is 2. The lowest BCUT2D eigenvalue weighted by molar-refractivity contribution is 0.0694. The maximum absolute atomic E-state index is 13.0. The van der Waals surface area contributed by atoms with Gasteiger partial charge in [0.1, 0.15) is 20.0 Å². The minimum absolute atomic E-state index is 0.0269. The van der Waals surface area contributed by atoms with Gasteiger partial charge >= 0.3 is 5.97 Å². The molecule has 4 heterocycles. The lowest BCUT2D eigenvalue weighted by Crippen LogP contribution is -2.34. The van der Waals surface area contributed by atoms with E-state index in [2.05, 4.69) is 20.2 Å². The number of pyridine rings is 1. The standard InChI is InChI=1S/C23H26BN5O4/c1-3-14-11-33-21-18-15(20(30)16(22(31)32)10-29(14)18)6-17(24)19(21)28-5-4-13(9-28)27-23-25-7-12(2)8-26-23/h6-8,10,13-14H,3-5,9,11,24H2,1-2H3,(H,31,32)(H,25,26,27)/t13-,14+/m1/s1. The number of nitrogens with zero attached hydrogens (tertiary/aromatic N) is 4. The van der Waals surface area contributed by atoms with Gasteiger partial charge in [0, 0.05) is 43.1 Å². The fraction of sp³-hybridized carbons (Fsp3) is 0.391. The van der Waals surface area contributed by atoms with Gasteiger partial charge in [0.05, 0.1) is 17.2 Å². The van der Waals surface area contributed by atoms with Crippen molar-refractivity contribution in [3.63, 3.8) is 0 Å². The number of carboxylic acid groups (broad SMARTS) is 1. The van der Waals surface area contributed by atoms with Gasteiger partial charge < -0.3 is 24.6 Å². The van der Waals surface area contributed by atoms with E-state index in [0.29, 0.717) is 29.2 Å². The van der Waals surface area contributed by atoms with Gasteiger partial charge in [-0.15, -0.1) is 0 Å². The average Bonchev–Trinajstić information content (AvgIpc) is 3.25. The van der Waals surface area contributed by atoms with E-state index in [1.165, 1.54) is 6.20 Å². The van der Waals surface area contributed by atoms with E-state index >= 15 is 0 Å². The van der Waals surface area contributed by atoms with Crippen LogP contribution in [-0.4, -0.2) is 59.2 Å². The Kier molecular flexibility index (Phi) is 5.23. The second-order valence-corrected chi connectivity index (χ2v) is 8.88. The predicted octanol–water partition coefficient (Wildman–Crippen LogP) is 1.09. The molecule has 2 N–H and O–H groups in total. The molecule has 2 aliphatic heterocycles. The number of ether oxygens (including phenoxy) is 1. The molecule has 9 nitrogen and oxygen atoms in total. The third-order valence-corrected chi connectivity index (χ3v) is 6.57. The maximum Gasteiger partial charge on any atom is 0.341 e. The Hall–Kier alpha value is -3.56. The smallest absolute Gasteiger partial charge is 0.341 e. The highest BCUT2D eigenvalue weighted by Gasteiger charge is 2.32. The molecule has 0 radical (unpaired) electrons. The van der Waals surface area contributed by atoms with Gasteiger partial charge in [-0.2, -0.15) is 0 Å². The quantitative estimate of drug-likeness (QED) is 0.560. The lowest BCUT2D eigenvalue weighted by atomic mass is 9.89. The first-order valence-electron chi connectivity index (χ1n) is 11.3. The van der Waals surface area contributed by atoms with E-state index < -0.39 is 11.4 Å². The fourth-order valence-electron chi connectivity index (χ4n) is 4.88. The van der Waals surface area contributed by atoms with Crippen molar-refractivity contribution >= 4 is 41.8 Å². The molecule has 1 aromatic carbocycles. The van der Waals surface area contributed by atoms with Crippen molar-refractivity contribution in [2.45, 2.75) is 38.8 Å². The monoisotopic (exact) mass is 447 g/mol. The number of anilines is 2. The lowest BCUT2D eigenvalue weighted by Gasteiger charge is -2.33. The molecule has 33 heavy (non-hydrogen) atoms. The number of carboxylic acids is 1. The molecule has 2 aromatic heterocycles. The first kappa shape index (κ1) is 21.3. The molecular formula is C23H26BN5O4. The van der Waals surface area contributed by atoms with Crippen LogP contribution in [0.2, 0.25) is 0 Å². The van der Waals surface area contributed by atoms with Crippen LogP contribution >= 0.6 is 0 Å². The molecule has 2 atom stereocenters. The third-order valence-electron chi connectivity index (χ3n) is 6.57. The van der Waals surface area contributed by atoms with E-state index in [4.69, 9.17) is 4.74 Å². The molecule has 1 fully saturated rings. The summed E-state index contributed by atoms with van der Waals surface area (Å²) in [6, 6.07) is 1.96. The Morgan fingerprint density at radius 3 is 2.82 bits per heavy atom. The Bertz CT molecular complexity index is 1310. The number of aromatic carboxylic acids is 1. The van der Waals surface area contributed by atoms with Crippen LogP contribution in [0.15, 0.2) is 29.5 Å². The molecule has 0 saturated carbocycles. The molecule has 1 saturated heterocycles. The predicted molar refractivity (Wildman–Crippen MR) is 129 cm³/mol. The van der Waals surface area contributed by atoms with Crippen molar-refractivity contribution in [3.05, 3.63) is 46.0 Å². The first-order valence-corrected chi connectivity index (χ1v) is 11.3. The van der Waals surface area contributed by atoms with Crippen LogP contribution in [0.1, 0.15) is 41.7 Å². The zero-order valence-corrected chi connectivity index (χ0v) is 19.0. The molecule has 0 bridgehead atoms. The van der Waals surface area contributed by atoms with E-state index in [1.54, 1.807) is 12.4 Å². The van der Waals surface area contributed by atoms with E-state index in [1.807, 2.05) is 32.3 Å². The molecule has 0 aliphatic carbocycles. The minimum Gasteiger partial charge on any atom is -0.487 e. The Morgan fingerprint density at radius 1 is 1.36 bits per heavy atom. The Morgan fingerprint density at radius 2 is 2.12 bits per heavy atom. The van der Waals surface area contributed by atoms with Gasteiger partial charge in [-0.3, -0.25) is 4.79 Å². The molecule has 5 rings (SSSR count). The molecule has 0 spiro atoms. The van der Waals surface area contributed by atoms with Crippen LogP contribution in [0.25, 0.3) is 10.9 Å². The SMILES string of the molecule is Bc1cc2c(=O)c(C(=O)O)cn3c2c(c1N1CC[C@@H](Nc2ncc(C)cn2)C1)OC[C@@H]3CC. The summed E-state index contributed by atoms with van der Waals surface area (Å²) in [6.07, 6.45) is 6.75. The van der Waals surface area contributed by atoms with Gasteiger partial charge in [-0.1, -0.05) is 18.5 Å². The first-order chi connectivity index (χ1) is 15.9. The normalized spacial score (nSPS) is 19.5. The minimum atomic E-state index is -1.21. The summed E-state index contributed by atoms with van der Waals surface area (Å²) in [5.41, 5.74) is 2.88. The summed E-state index contributed by atoms with van der Waals surface area (Å²) in [4.78, 5) is 35.7. The van der Waals surface area contributed by atoms with Crippen LogP contribution in [0.3, 0.4) is 0 Å². The Balaban J connectivity index is 1.56. The highest BCUT2D eigenvalue weighted by atomic mass is 16.5. The number of nitrogens with one attached hydrogen (secondary N) is 1. The van der Waals surface area contributed by atoms with E-state index in [9.17, 15) is 14.7 Å². The molecule has 3 aromatic rings. The van der Waals surface area contributed by atoms with Crippen LogP contribution in [0, 0.1) is 6.92 Å². The molecular weight excluding hydrogens is 421 g/mol. The third kappa shape index (κ3) is 3.59. The maximum atomic E-state index is 13.0. The summed E-state index contributed by atoms with van der Waals surface area (Å²) in [7, 11) is 1.95. The molecule has 2 aliphatic rings. The van der Waals surface area contributed by atoms with Crippen molar-refractivity contribution in [2.24, 2.45) is 0 Å². The van der Waals surface area contributed by atoms with Crippen LogP contribution in [-0.2, 0) is 0 Å². The van der Waals surface area contributed by atoms with Crippen molar-refractivity contribution in [2.75, 3.05) is 29.9 Å². The number of aryl methyl sites for hydroxylation is 1. The van der Waals surface area contributed by atoms with Gasteiger partial charge in [0.2, 0.25) is 11.4 Å². The van der Waals surface area contributed by atoms with Gasteiger partial charge in [-0.05, 0) is 25.3 Å². The van der Waals surface area contributed by atoms with Crippen molar-refractivity contribution < 1.29 is 14.6 Å². The second kappa shape index (κ2) is 8.10. The highest BCUT2D eigenvalue weighted by Crippen LogP contribution is 2.40. The van der Waals surface area contributed by atoms with E-state index in [0.717, 1.165) is 42.6 Å². The Labute approximate surface area is 191 Å². The second-order valence-electron chi connectivity index (χ2n) is 8.88. The number of rotatable bonds is 5. The van der Waals surface area contributed by atoms with Crippen molar-refractivity contribution in [1.82, 2.24) is 14.5 Å². The molecule has 10 heteroatoms. The van der Waals surface area contributed by atoms with Gasteiger partial charge in [-0.25, -0.2) is 14.8 Å². The number of aromatic nitrogens is 3. The van der Waals surface area contributed by atoms with Crippen molar-refractivity contribution in [3.8, 4) is 5.75 Å². The molecule has 0 unspecified atom stereocenters. The summed E-state index contributed by atoms with van der Waals surface area (Å²) < 4.78 is 8.18. The summed E-state index contributed by atoms with van der Waals surface area (Å²) in [5, 5.41) is 13.4. The summed E-state index contributed by atoms with van der Waals surface area (Å²) in [5.74, 6) is 0.0686. The fourth-order valence-corrected chi connectivity index (χ4v) is 4.88. The molecule has 0 amide bonds. The zero-order valence-electron chi connectivity index (χ0n) is 19.0. The zero-order chi connectivity index (χ0) is 23.3. The number of hydrogen-bond acceptors (Lipinski definition) is 7. The van der Waals surface area contributed by atoms with Crippen LogP contribution in [0.5, 0.6) is 5.75 Å². The summed E-state index contributed by atoms with van der Waals surface area (Å²) >= 11 is 0. The van der Waals surface area contributed by atoms with Crippen LogP contribution < -0.4 is 25.8 Å². The molecule has 170 valence electrons. The van der Waals surface area contributed by atoms with Gasteiger partial charge in [0.25, 0.3) is 0 Å². The largest absolute Gasteiger partial charge is 0.487 e. The number of benzene rings is 1. The van der Waals surface area contributed by atoms with Crippen molar-refractivity contribution in [1.29, 1.82) is 0 Å². The topological polar surface area (TPSA) is 110 Å². The van der Waals surface area contributed by atoms with Crippen LogP contribution in [0.4, 0.5) is 11.6 Å². The highest BCUT2D eigenvalue weighted by molar-refractivity contribution is 6.38. The van der Waals surface area contributed by atoms with Gasteiger partial charge in [0.15, 0.2) is 5.75 Å². The summed E-state index contributed by atoms with van der Waals surface area (Å²) in [6.45, 7) is 5.98. The number of carbonyl (C=O) groups is 1.